The van der Waals surface area contributed by atoms with E-state index in [-0.39, 0.29) is 16.6 Å². The summed E-state index contributed by atoms with van der Waals surface area (Å²) in [6.07, 6.45) is 0.923. The Hall–Kier alpha value is -1.74. The molecule has 0 saturated heterocycles. The van der Waals surface area contributed by atoms with E-state index in [1.165, 1.54) is 19.6 Å². The van der Waals surface area contributed by atoms with Crippen LogP contribution in [-0.4, -0.2) is 41.0 Å². The summed E-state index contributed by atoms with van der Waals surface area (Å²) >= 11 is 1.76. The Balaban J connectivity index is 1.77. The van der Waals surface area contributed by atoms with Gasteiger partial charge in [0, 0.05) is 37.2 Å². The summed E-state index contributed by atoms with van der Waals surface area (Å²) in [6.45, 7) is 0. The number of phenols is 1. The fraction of sp³-hybridized carbons (Fsp3) is 0.250. The topological polar surface area (TPSA) is 47.9 Å². The van der Waals surface area contributed by atoms with Crippen LogP contribution in [0.5, 0.6) is 5.75 Å². The maximum Gasteiger partial charge on any atom is 0.500 e. The molecule has 0 heterocycles. The fourth-order valence-corrected chi connectivity index (χ4v) is 8.19. The molecule has 3 aromatic carbocycles. The summed E-state index contributed by atoms with van der Waals surface area (Å²) < 4.78 is 16.7. The third-order valence-corrected chi connectivity index (χ3v) is 11.2. The van der Waals surface area contributed by atoms with Crippen molar-refractivity contribution in [3.8, 4) is 5.75 Å². The maximum absolute atomic E-state index is 9.72. The second-order valence-corrected chi connectivity index (χ2v) is 13.2. The lowest BCUT2D eigenvalue weighted by Gasteiger charge is -2.24. The van der Waals surface area contributed by atoms with Crippen LogP contribution in [0, 0.1) is 0 Å². The lowest BCUT2D eigenvalue weighted by molar-refractivity contribution is 0.123. The lowest BCUT2D eigenvalue weighted by atomic mass is 10.3. The number of benzene rings is 3. The van der Waals surface area contributed by atoms with Crippen molar-refractivity contribution in [2.24, 2.45) is 0 Å². The molecule has 1 atom stereocenters. The van der Waals surface area contributed by atoms with Crippen molar-refractivity contribution in [3.05, 3.63) is 78.9 Å². The second-order valence-electron chi connectivity index (χ2n) is 6.87. The maximum atomic E-state index is 9.72. The Kier molecular flexibility index (Phi) is 9.07. The van der Waals surface area contributed by atoms with Crippen LogP contribution in [0.3, 0.4) is 0 Å². The van der Waals surface area contributed by atoms with E-state index >= 15 is 0 Å². The zero-order valence-electron chi connectivity index (χ0n) is 18.1. The van der Waals surface area contributed by atoms with Gasteiger partial charge < -0.3 is 18.4 Å². The highest BCUT2D eigenvalue weighted by Crippen LogP contribution is 2.32. The van der Waals surface area contributed by atoms with Crippen molar-refractivity contribution >= 4 is 31.5 Å². The van der Waals surface area contributed by atoms with Gasteiger partial charge in [-0.1, -0.05) is 30.0 Å². The van der Waals surface area contributed by atoms with Crippen molar-refractivity contribution < 1.29 is 18.4 Å². The predicted molar refractivity (Wildman–Crippen MR) is 130 cm³/mol. The molecular weight excluding hydrogens is 444 g/mol. The molecule has 0 amide bonds. The van der Waals surface area contributed by atoms with E-state index in [0.717, 1.165) is 18.2 Å². The van der Waals surface area contributed by atoms with E-state index in [9.17, 15) is 5.11 Å². The van der Waals surface area contributed by atoms with Gasteiger partial charge >= 0.3 is 8.80 Å². The van der Waals surface area contributed by atoms with E-state index in [1.807, 2.05) is 18.2 Å². The van der Waals surface area contributed by atoms with Crippen LogP contribution in [-0.2, 0) is 24.2 Å². The molecule has 0 aromatic heterocycles. The molecule has 0 radical (unpaired) electrons. The van der Waals surface area contributed by atoms with Gasteiger partial charge in [0.15, 0.2) is 9.79 Å². The Morgan fingerprint density at radius 2 is 1.26 bits per heavy atom. The van der Waals surface area contributed by atoms with Gasteiger partial charge in [0.25, 0.3) is 0 Å². The molecule has 1 unspecified atom stereocenters. The van der Waals surface area contributed by atoms with Crippen LogP contribution in [0.15, 0.2) is 98.4 Å². The number of aromatic hydroxyl groups is 1. The molecule has 7 heteroatoms. The van der Waals surface area contributed by atoms with Gasteiger partial charge in [-0.2, -0.15) is 0 Å². The molecule has 4 nitrogen and oxygen atoms in total. The van der Waals surface area contributed by atoms with Gasteiger partial charge in [0.2, 0.25) is 0 Å². The minimum atomic E-state index is -2.59. The average Bonchev–Trinajstić information content (AvgIpc) is 2.82. The molecule has 31 heavy (non-hydrogen) atoms. The van der Waals surface area contributed by atoms with E-state index in [4.69, 9.17) is 13.3 Å². The first-order valence-electron chi connectivity index (χ1n) is 10.1. The summed E-state index contributed by atoms with van der Waals surface area (Å²) in [5, 5.41) is 9.72. The SMILES string of the molecule is CO[Si](CCC[S+](c1ccc(O)cc1)c1ccc(Sc2ccccc2)cc1)(OC)OC. The van der Waals surface area contributed by atoms with Gasteiger partial charge in [-0.3, -0.25) is 0 Å². The molecule has 0 saturated carbocycles. The standard InChI is InChI=1S/C24H28O4S2Si/c1-26-31(27-2,28-3)19-7-18-30(23-14-10-20(25)11-15-23)24-16-12-22(13-17-24)29-21-8-5-4-6-9-21/h4-6,8-17H,7,18-19H2,1-3H3/p+1. The van der Waals surface area contributed by atoms with Crippen LogP contribution in [0.1, 0.15) is 6.42 Å². The van der Waals surface area contributed by atoms with E-state index in [0.29, 0.717) is 0 Å². The highest BCUT2D eigenvalue weighted by atomic mass is 32.2. The normalized spacial score (nSPS) is 12.6. The summed E-state index contributed by atoms with van der Waals surface area (Å²) in [5.74, 6) is 1.24. The smallest absolute Gasteiger partial charge is 0.500 e. The Labute approximate surface area is 193 Å². The lowest BCUT2D eigenvalue weighted by Crippen LogP contribution is -2.42. The molecule has 0 aliphatic heterocycles. The third kappa shape index (κ3) is 6.62. The van der Waals surface area contributed by atoms with Crippen molar-refractivity contribution in [2.45, 2.75) is 32.0 Å². The first-order valence-corrected chi connectivity index (χ1v) is 14.2. The molecule has 0 aliphatic carbocycles. The van der Waals surface area contributed by atoms with Crippen molar-refractivity contribution in [3.63, 3.8) is 0 Å². The highest BCUT2D eigenvalue weighted by Gasteiger charge is 2.38. The molecule has 0 spiro atoms. The molecule has 0 bridgehead atoms. The summed E-state index contributed by atoms with van der Waals surface area (Å²) in [7, 11) is 2.26. The molecule has 0 aliphatic rings. The fourth-order valence-electron chi connectivity index (χ4n) is 3.27. The zero-order chi connectivity index (χ0) is 22.1. The number of rotatable bonds is 11. The Bertz CT molecular complexity index is 908. The van der Waals surface area contributed by atoms with Crippen LogP contribution in [0.4, 0.5) is 0 Å². The predicted octanol–water partition coefficient (Wildman–Crippen LogP) is 5.85. The number of phenolic OH excluding ortho intramolecular Hbond substituents is 1. The van der Waals surface area contributed by atoms with Crippen LogP contribution in [0.25, 0.3) is 0 Å². The number of hydrogen-bond acceptors (Lipinski definition) is 5. The van der Waals surface area contributed by atoms with E-state index < -0.39 is 8.80 Å². The van der Waals surface area contributed by atoms with Gasteiger partial charge in [0.05, 0.1) is 10.9 Å². The quantitative estimate of drug-likeness (QED) is 0.280. The molecule has 3 aromatic rings. The second kappa shape index (κ2) is 11.8. The minimum Gasteiger partial charge on any atom is -0.508 e. The third-order valence-electron chi connectivity index (χ3n) is 4.97. The van der Waals surface area contributed by atoms with E-state index in [1.54, 1.807) is 45.2 Å². The average molecular weight is 474 g/mol. The van der Waals surface area contributed by atoms with Gasteiger partial charge in [0.1, 0.15) is 11.5 Å². The zero-order valence-corrected chi connectivity index (χ0v) is 20.7. The molecule has 1 N–H and O–H groups in total. The molecule has 0 fully saturated rings. The van der Waals surface area contributed by atoms with E-state index in [2.05, 4.69) is 48.5 Å². The van der Waals surface area contributed by atoms with Gasteiger partial charge in [-0.15, -0.1) is 0 Å². The first-order chi connectivity index (χ1) is 15.1. The Morgan fingerprint density at radius 1 is 0.742 bits per heavy atom. The summed E-state index contributed by atoms with van der Waals surface area (Å²) in [6, 6.07) is 27.5. The summed E-state index contributed by atoms with van der Waals surface area (Å²) in [4.78, 5) is 4.94. The van der Waals surface area contributed by atoms with Crippen LogP contribution >= 0.6 is 11.8 Å². The summed E-state index contributed by atoms with van der Waals surface area (Å²) in [5.41, 5.74) is 0. The van der Waals surface area contributed by atoms with Gasteiger partial charge in [-0.25, -0.2) is 0 Å². The monoisotopic (exact) mass is 473 g/mol. The van der Waals surface area contributed by atoms with Crippen molar-refractivity contribution in [1.29, 1.82) is 0 Å². The molecule has 164 valence electrons. The van der Waals surface area contributed by atoms with Crippen molar-refractivity contribution in [1.82, 2.24) is 0 Å². The van der Waals surface area contributed by atoms with Crippen LogP contribution in [0.2, 0.25) is 6.04 Å². The first kappa shape index (κ1) is 23.9. The minimum absolute atomic E-state index is 0.120. The van der Waals surface area contributed by atoms with Crippen LogP contribution < -0.4 is 0 Å². The van der Waals surface area contributed by atoms with Gasteiger partial charge in [-0.05, 0) is 67.1 Å². The highest BCUT2D eigenvalue weighted by molar-refractivity contribution is 7.99. The molecular formula is C24H29O4S2Si+. The largest absolute Gasteiger partial charge is 0.508 e. The Morgan fingerprint density at radius 3 is 1.81 bits per heavy atom. The number of hydrogen-bond donors (Lipinski definition) is 1. The van der Waals surface area contributed by atoms with Crippen molar-refractivity contribution in [2.75, 3.05) is 27.1 Å². The molecule has 3 rings (SSSR count).